The highest BCUT2D eigenvalue weighted by Gasteiger charge is 2.25. The van der Waals surface area contributed by atoms with Gasteiger partial charge in [-0.05, 0) is 43.3 Å². The molecule has 0 bridgehead atoms. The second kappa shape index (κ2) is 10.3. The van der Waals surface area contributed by atoms with Crippen molar-refractivity contribution in [2.45, 2.75) is 17.9 Å². The Balaban J connectivity index is 1.48. The van der Waals surface area contributed by atoms with Gasteiger partial charge in [-0.25, -0.2) is 13.2 Å². The Morgan fingerprint density at radius 2 is 1.81 bits per heavy atom. The number of hydrogen-bond donors (Lipinski definition) is 2. The van der Waals surface area contributed by atoms with Crippen LogP contribution in [-0.4, -0.2) is 38.1 Å². The molecule has 12 nitrogen and oxygen atoms in total. The molecule has 0 saturated carbocycles. The summed E-state index contributed by atoms with van der Waals surface area (Å²) in [6.07, 6.45) is -1.25. The van der Waals surface area contributed by atoms with Crippen LogP contribution in [0.15, 0.2) is 65.6 Å². The van der Waals surface area contributed by atoms with Gasteiger partial charge in [0.15, 0.2) is 17.6 Å². The first kappa shape index (κ1) is 25.7. The predicted octanol–water partition coefficient (Wildman–Crippen LogP) is 3.96. The van der Waals surface area contributed by atoms with Gasteiger partial charge in [0.25, 0.3) is 21.6 Å². The van der Waals surface area contributed by atoms with E-state index in [0.717, 1.165) is 18.2 Å². The average molecular weight is 548 g/mol. The number of nitro groups is 1. The van der Waals surface area contributed by atoms with Crippen molar-refractivity contribution >= 4 is 50.6 Å². The van der Waals surface area contributed by atoms with Crippen LogP contribution in [0, 0.1) is 10.1 Å². The highest BCUT2D eigenvalue weighted by atomic mass is 35.5. The summed E-state index contributed by atoms with van der Waals surface area (Å²) in [4.78, 5) is 35.2. The van der Waals surface area contributed by atoms with Crippen molar-refractivity contribution < 1.29 is 37.1 Å². The first-order chi connectivity index (χ1) is 17.5. The molecule has 0 spiro atoms. The third kappa shape index (κ3) is 5.73. The second-order valence-corrected chi connectivity index (χ2v) is 9.72. The molecule has 2 N–H and O–H groups in total. The minimum absolute atomic E-state index is 0.0683. The summed E-state index contributed by atoms with van der Waals surface area (Å²) in [6, 6.07) is 13.3. The van der Waals surface area contributed by atoms with Crippen LogP contribution in [0.3, 0.4) is 0 Å². The van der Waals surface area contributed by atoms with Gasteiger partial charge in [0.05, 0.1) is 21.1 Å². The van der Waals surface area contributed by atoms with Gasteiger partial charge in [0.1, 0.15) is 5.02 Å². The number of nitrogens with one attached hydrogen (secondary N) is 2. The molecule has 0 aromatic heterocycles. The maximum Gasteiger partial charge on any atom is 0.341 e. The molecular weight excluding hydrogens is 530 g/mol. The lowest BCUT2D eigenvalue weighted by Gasteiger charge is -2.16. The number of carbonyl (C=O) groups excluding carboxylic acids is 2. The number of carbonyl (C=O) groups is 2. The van der Waals surface area contributed by atoms with E-state index in [-0.39, 0.29) is 23.1 Å². The number of benzene rings is 3. The summed E-state index contributed by atoms with van der Waals surface area (Å²) in [5.74, 6) is -0.633. The van der Waals surface area contributed by atoms with Crippen LogP contribution in [0.25, 0.3) is 0 Å². The van der Waals surface area contributed by atoms with Gasteiger partial charge < -0.3 is 19.5 Å². The fourth-order valence-corrected chi connectivity index (χ4v) is 4.53. The lowest BCUT2D eigenvalue weighted by Crippen LogP contribution is -2.30. The normalized spacial score (nSPS) is 12.9. The minimum atomic E-state index is -4.35. The van der Waals surface area contributed by atoms with E-state index in [1.54, 1.807) is 18.2 Å². The number of hydrogen-bond acceptors (Lipinski definition) is 9. The summed E-state index contributed by atoms with van der Waals surface area (Å²) in [5.41, 5.74) is -0.548. The zero-order valence-corrected chi connectivity index (χ0v) is 20.5. The highest BCUT2D eigenvalue weighted by Crippen LogP contribution is 2.34. The summed E-state index contributed by atoms with van der Waals surface area (Å²) < 4.78 is 43.7. The van der Waals surface area contributed by atoms with Gasteiger partial charge in [-0.2, -0.15) is 0 Å². The van der Waals surface area contributed by atoms with Gasteiger partial charge in [-0.3, -0.25) is 19.6 Å². The topological polar surface area (TPSA) is 163 Å². The third-order valence-corrected chi connectivity index (χ3v) is 6.79. The first-order valence-electron chi connectivity index (χ1n) is 10.5. The van der Waals surface area contributed by atoms with E-state index in [9.17, 15) is 28.1 Å². The Morgan fingerprint density at radius 1 is 1.08 bits per heavy atom. The smallest absolute Gasteiger partial charge is 0.341 e. The second-order valence-electron chi connectivity index (χ2n) is 7.63. The SMILES string of the molecule is CC(OC(=O)c1ccccc1NS(=O)(=O)c1ccc(Cl)c([N+](=O)[O-])c1)C(=O)Nc1ccc2c(c1)OCO2. The number of rotatable bonds is 8. The minimum Gasteiger partial charge on any atom is -0.454 e. The van der Waals surface area contributed by atoms with Crippen molar-refractivity contribution in [2.75, 3.05) is 16.8 Å². The molecule has 3 aromatic rings. The number of sulfonamides is 1. The van der Waals surface area contributed by atoms with Crippen LogP contribution < -0.4 is 19.5 Å². The first-order valence-corrected chi connectivity index (χ1v) is 12.4. The maximum absolute atomic E-state index is 12.9. The maximum atomic E-state index is 12.9. The molecule has 1 aliphatic rings. The lowest BCUT2D eigenvalue weighted by molar-refractivity contribution is -0.384. The van der Waals surface area contributed by atoms with Crippen LogP contribution in [0.2, 0.25) is 5.02 Å². The Bertz CT molecular complexity index is 1510. The number of anilines is 2. The molecule has 1 unspecified atom stereocenters. The van der Waals surface area contributed by atoms with E-state index < -0.39 is 43.5 Å². The fourth-order valence-electron chi connectivity index (χ4n) is 3.25. The predicted molar refractivity (Wildman–Crippen MR) is 131 cm³/mol. The number of nitrogens with zero attached hydrogens (tertiary/aromatic N) is 1. The molecule has 14 heteroatoms. The van der Waals surface area contributed by atoms with Crippen molar-refractivity contribution in [1.29, 1.82) is 0 Å². The van der Waals surface area contributed by atoms with Crippen LogP contribution >= 0.6 is 11.6 Å². The summed E-state index contributed by atoms with van der Waals surface area (Å²) in [7, 11) is -4.35. The van der Waals surface area contributed by atoms with Gasteiger partial charge in [-0.1, -0.05) is 23.7 Å². The molecule has 0 radical (unpaired) electrons. The van der Waals surface area contributed by atoms with E-state index >= 15 is 0 Å². The highest BCUT2D eigenvalue weighted by molar-refractivity contribution is 7.92. The Kier molecular flexibility index (Phi) is 7.18. The largest absolute Gasteiger partial charge is 0.454 e. The van der Waals surface area contributed by atoms with Crippen LogP contribution in [0.1, 0.15) is 17.3 Å². The molecule has 1 heterocycles. The van der Waals surface area contributed by atoms with Crippen molar-refractivity contribution in [2.24, 2.45) is 0 Å². The molecule has 1 atom stereocenters. The zero-order valence-electron chi connectivity index (χ0n) is 19.0. The molecule has 1 amide bonds. The van der Waals surface area contributed by atoms with Crippen molar-refractivity contribution in [3.63, 3.8) is 0 Å². The van der Waals surface area contributed by atoms with Gasteiger partial charge in [0, 0.05) is 17.8 Å². The van der Waals surface area contributed by atoms with Crippen molar-refractivity contribution in [3.8, 4) is 11.5 Å². The van der Waals surface area contributed by atoms with Crippen LogP contribution in [-0.2, 0) is 19.6 Å². The Labute approximate surface area is 215 Å². The summed E-state index contributed by atoms with van der Waals surface area (Å²) >= 11 is 5.76. The molecular formula is C23H18ClN3O9S. The fraction of sp³-hybridized carbons (Fsp3) is 0.130. The average Bonchev–Trinajstić information content (AvgIpc) is 3.32. The number of para-hydroxylation sites is 1. The van der Waals surface area contributed by atoms with E-state index in [2.05, 4.69) is 10.0 Å². The summed E-state index contributed by atoms with van der Waals surface area (Å²) in [5, 5.41) is 13.5. The Morgan fingerprint density at radius 3 is 2.57 bits per heavy atom. The Hall–Kier alpha value is -4.36. The van der Waals surface area contributed by atoms with E-state index in [1.807, 2.05) is 0 Å². The van der Waals surface area contributed by atoms with Crippen molar-refractivity contribution in [3.05, 3.63) is 81.4 Å². The standard InChI is InChI=1S/C23H18ClN3O9S/c1-13(22(28)25-14-6-9-20-21(10-14)35-12-34-20)36-23(29)16-4-2-3-5-18(16)26-37(32,33)15-7-8-17(24)19(11-15)27(30)31/h2-11,13,26H,12H2,1H3,(H,25,28). The van der Waals surface area contributed by atoms with Gasteiger partial charge >= 0.3 is 5.97 Å². The third-order valence-electron chi connectivity index (χ3n) is 5.11. The van der Waals surface area contributed by atoms with E-state index in [0.29, 0.717) is 17.2 Å². The molecule has 3 aromatic carbocycles. The molecule has 0 saturated heterocycles. The molecule has 1 aliphatic heterocycles. The number of esters is 1. The van der Waals surface area contributed by atoms with Gasteiger partial charge in [-0.15, -0.1) is 0 Å². The number of amides is 1. The van der Waals surface area contributed by atoms with E-state index in [4.69, 9.17) is 25.8 Å². The quantitative estimate of drug-likeness (QED) is 0.241. The number of nitro benzene ring substituents is 1. The number of ether oxygens (including phenoxy) is 3. The van der Waals surface area contributed by atoms with Crippen LogP contribution in [0.4, 0.5) is 17.1 Å². The summed E-state index contributed by atoms with van der Waals surface area (Å²) in [6.45, 7) is 1.42. The number of halogens is 1. The zero-order chi connectivity index (χ0) is 26.7. The lowest BCUT2D eigenvalue weighted by atomic mass is 10.2. The van der Waals surface area contributed by atoms with Crippen molar-refractivity contribution in [1.82, 2.24) is 0 Å². The molecule has 0 fully saturated rings. The number of fused-ring (bicyclic) bond motifs is 1. The molecule has 192 valence electrons. The molecule has 4 rings (SSSR count). The monoisotopic (exact) mass is 547 g/mol. The van der Waals surface area contributed by atoms with E-state index in [1.165, 1.54) is 31.2 Å². The van der Waals surface area contributed by atoms with Crippen LogP contribution in [0.5, 0.6) is 11.5 Å². The molecule has 37 heavy (non-hydrogen) atoms. The molecule has 0 aliphatic carbocycles. The van der Waals surface area contributed by atoms with Gasteiger partial charge in [0.2, 0.25) is 6.79 Å².